The lowest BCUT2D eigenvalue weighted by Crippen LogP contribution is -2.04. The lowest BCUT2D eigenvalue weighted by molar-refractivity contribution is 0.368. The van der Waals surface area contributed by atoms with Gasteiger partial charge >= 0.3 is 0 Å². The van der Waals surface area contributed by atoms with E-state index in [0.29, 0.717) is 5.92 Å². The molecule has 0 heteroatoms. The summed E-state index contributed by atoms with van der Waals surface area (Å²) >= 11 is 0. The summed E-state index contributed by atoms with van der Waals surface area (Å²) in [5, 5.41) is 0. The number of hydrogen-bond donors (Lipinski definition) is 0. The first-order valence-electron chi connectivity index (χ1n) is 5.69. The Morgan fingerprint density at radius 3 is 2.46 bits per heavy atom. The van der Waals surface area contributed by atoms with Crippen molar-refractivity contribution in [2.75, 3.05) is 0 Å². The van der Waals surface area contributed by atoms with Gasteiger partial charge in [-0.1, -0.05) is 39.0 Å². The summed E-state index contributed by atoms with van der Waals surface area (Å²) in [6, 6.07) is 0. The molecular formula is C13H20. The Labute approximate surface area is 82.1 Å². The van der Waals surface area contributed by atoms with Crippen molar-refractivity contribution in [3.8, 4) is 11.8 Å². The smallest absolute Gasteiger partial charge is 0.0843 e. The highest BCUT2D eigenvalue weighted by Gasteiger charge is 2.43. The fourth-order valence-electron chi connectivity index (χ4n) is 2.08. The van der Waals surface area contributed by atoms with E-state index in [1.54, 1.807) is 0 Å². The van der Waals surface area contributed by atoms with Crippen molar-refractivity contribution in [1.29, 1.82) is 0 Å². The SMILES string of the molecule is CC(C)C(C)CCC1CC1C1C#C1. The number of hydrogen-bond acceptors (Lipinski definition) is 0. The largest absolute Gasteiger partial charge is 0.0852 e. The summed E-state index contributed by atoms with van der Waals surface area (Å²) in [4.78, 5) is 0. The van der Waals surface area contributed by atoms with Crippen molar-refractivity contribution in [2.24, 2.45) is 29.6 Å². The van der Waals surface area contributed by atoms with E-state index in [1.807, 2.05) is 0 Å². The van der Waals surface area contributed by atoms with E-state index in [-0.39, 0.29) is 0 Å². The molecule has 3 unspecified atom stereocenters. The highest BCUT2D eigenvalue weighted by molar-refractivity contribution is 5.33. The van der Waals surface area contributed by atoms with Crippen LogP contribution in [0.2, 0.25) is 0 Å². The van der Waals surface area contributed by atoms with Crippen LogP contribution in [-0.2, 0) is 0 Å². The van der Waals surface area contributed by atoms with Crippen molar-refractivity contribution in [3.05, 3.63) is 0 Å². The van der Waals surface area contributed by atoms with Gasteiger partial charge in [0.2, 0.25) is 0 Å². The average Bonchev–Trinajstić information content (AvgIpc) is 2.91. The summed E-state index contributed by atoms with van der Waals surface area (Å²) < 4.78 is 0. The summed E-state index contributed by atoms with van der Waals surface area (Å²) in [6.07, 6.45) is 4.32. The zero-order chi connectivity index (χ0) is 9.42. The van der Waals surface area contributed by atoms with Crippen LogP contribution < -0.4 is 0 Å². The van der Waals surface area contributed by atoms with Gasteiger partial charge in [0.15, 0.2) is 0 Å². The van der Waals surface area contributed by atoms with Crippen LogP contribution in [0.5, 0.6) is 0 Å². The molecular weight excluding hydrogens is 156 g/mol. The minimum absolute atomic E-state index is 0.680. The maximum atomic E-state index is 3.19. The van der Waals surface area contributed by atoms with E-state index in [4.69, 9.17) is 0 Å². The molecule has 0 spiro atoms. The molecule has 0 aliphatic heterocycles. The molecule has 2 aliphatic rings. The molecule has 0 radical (unpaired) electrons. The Hall–Kier alpha value is -0.440. The first-order valence-corrected chi connectivity index (χ1v) is 5.69. The van der Waals surface area contributed by atoms with E-state index in [1.165, 1.54) is 19.3 Å². The molecule has 0 amide bonds. The Kier molecular flexibility index (Phi) is 2.37. The molecule has 3 atom stereocenters. The Balaban J connectivity index is 1.59. The van der Waals surface area contributed by atoms with Gasteiger partial charge in [0.1, 0.15) is 0 Å². The first kappa shape index (κ1) is 9.13. The van der Waals surface area contributed by atoms with E-state index in [2.05, 4.69) is 32.6 Å². The second-order valence-corrected chi connectivity index (χ2v) is 5.22. The molecule has 0 saturated heterocycles. The molecule has 1 saturated carbocycles. The molecule has 0 N–H and O–H groups in total. The van der Waals surface area contributed by atoms with Gasteiger partial charge in [-0.25, -0.2) is 0 Å². The maximum Gasteiger partial charge on any atom is 0.0843 e. The summed E-state index contributed by atoms with van der Waals surface area (Å²) in [5.74, 6) is 10.8. The quantitative estimate of drug-likeness (QED) is 0.564. The van der Waals surface area contributed by atoms with Crippen LogP contribution in [0.1, 0.15) is 40.0 Å². The second-order valence-electron chi connectivity index (χ2n) is 5.22. The van der Waals surface area contributed by atoms with Crippen LogP contribution in [0.25, 0.3) is 0 Å². The predicted octanol–water partition coefficient (Wildman–Crippen LogP) is 3.33. The molecule has 0 aromatic carbocycles. The molecule has 2 aliphatic carbocycles. The third kappa shape index (κ3) is 2.27. The van der Waals surface area contributed by atoms with Crippen molar-refractivity contribution in [2.45, 2.75) is 40.0 Å². The van der Waals surface area contributed by atoms with Gasteiger partial charge in [-0.2, -0.15) is 0 Å². The molecule has 72 valence electrons. The zero-order valence-electron chi connectivity index (χ0n) is 9.01. The average molecular weight is 176 g/mol. The molecule has 0 aromatic rings. The predicted molar refractivity (Wildman–Crippen MR) is 56.1 cm³/mol. The third-order valence-corrected chi connectivity index (χ3v) is 3.85. The van der Waals surface area contributed by atoms with Crippen LogP contribution in [-0.4, -0.2) is 0 Å². The zero-order valence-corrected chi connectivity index (χ0v) is 9.01. The van der Waals surface area contributed by atoms with E-state index >= 15 is 0 Å². The third-order valence-electron chi connectivity index (χ3n) is 3.85. The van der Waals surface area contributed by atoms with Gasteiger partial charge in [0.05, 0.1) is 5.92 Å². The van der Waals surface area contributed by atoms with Crippen LogP contribution >= 0.6 is 0 Å². The Bertz CT molecular complexity index is 232. The van der Waals surface area contributed by atoms with Crippen molar-refractivity contribution in [3.63, 3.8) is 0 Å². The molecule has 13 heavy (non-hydrogen) atoms. The first-order chi connectivity index (χ1) is 6.18. The van der Waals surface area contributed by atoms with E-state index in [0.717, 1.165) is 23.7 Å². The van der Waals surface area contributed by atoms with Crippen LogP contribution in [0, 0.1) is 41.4 Å². The Morgan fingerprint density at radius 2 is 1.92 bits per heavy atom. The molecule has 1 fully saturated rings. The highest BCUT2D eigenvalue weighted by Crippen LogP contribution is 2.49. The lowest BCUT2D eigenvalue weighted by Gasteiger charge is -2.14. The van der Waals surface area contributed by atoms with Crippen molar-refractivity contribution < 1.29 is 0 Å². The summed E-state index contributed by atoms with van der Waals surface area (Å²) in [6.45, 7) is 7.05. The van der Waals surface area contributed by atoms with Gasteiger partial charge in [0.25, 0.3) is 0 Å². The van der Waals surface area contributed by atoms with Gasteiger partial charge in [-0.15, -0.1) is 0 Å². The van der Waals surface area contributed by atoms with Crippen LogP contribution in [0.3, 0.4) is 0 Å². The van der Waals surface area contributed by atoms with Crippen molar-refractivity contribution >= 4 is 0 Å². The molecule has 2 rings (SSSR count). The van der Waals surface area contributed by atoms with E-state index in [9.17, 15) is 0 Å². The van der Waals surface area contributed by atoms with Gasteiger partial charge in [0, 0.05) is 0 Å². The monoisotopic (exact) mass is 176 g/mol. The number of rotatable bonds is 5. The standard InChI is InChI=1S/C13H20/c1-9(2)10(3)4-5-12-8-13(12)11-6-7-11/h9-13H,4-5,8H2,1-3H3. The van der Waals surface area contributed by atoms with Crippen LogP contribution in [0.15, 0.2) is 0 Å². The lowest BCUT2D eigenvalue weighted by atomic mass is 9.92. The second kappa shape index (κ2) is 3.37. The topological polar surface area (TPSA) is 0 Å². The van der Waals surface area contributed by atoms with Gasteiger partial charge in [-0.05, 0) is 36.5 Å². The maximum absolute atomic E-state index is 3.19. The summed E-state index contributed by atoms with van der Waals surface area (Å²) in [7, 11) is 0. The fraction of sp³-hybridized carbons (Fsp3) is 0.846. The highest BCUT2D eigenvalue weighted by atomic mass is 14.5. The van der Waals surface area contributed by atoms with Gasteiger partial charge < -0.3 is 0 Å². The molecule has 0 nitrogen and oxygen atoms in total. The van der Waals surface area contributed by atoms with Crippen molar-refractivity contribution in [1.82, 2.24) is 0 Å². The Morgan fingerprint density at radius 1 is 1.23 bits per heavy atom. The fourth-order valence-corrected chi connectivity index (χ4v) is 2.08. The van der Waals surface area contributed by atoms with E-state index < -0.39 is 0 Å². The molecule has 0 heterocycles. The minimum atomic E-state index is 0.680. The minimum Gasteiger partial charge on any atom is -0.0852 e. The van der Waals surface area contributed by atoms with Gasteiger partial charge in [-0.3, -0.25) is 0 Å². The van der Waals surface area contributed by atoms with Crippen LogP contribution in [0.4, 0.5) is 0 Å². The normalized spacial score (nSPS) is 32.6. The molecule has 0 bridgehead atoms. The molecule has 0 aromatic heterocycles. The summed E-state index contributed by atoms with van der Waals surface area (Å²) in [5.41, 5.74) is 0.